The van der Waals surface area contributed by atoms with E-state index in [-0.39, 0.29) is 6.42 Å². The minimum absolute atomic E-state index is 0.185. The number of alkyl halides is 1. The number of benzene rings is 2. The van der Waals surface area contributed by atoms with Crippen LogP contribution >= 0.6 is 0 Å². The Morgan fingerprint density at radius 1 is 1.00 bits per heavy atom. The van der Waals surface area contributed by atoms with Gasteiger partial charge in [0.05, 0.1) is 6.61 Å². The Morgan fingerprint density at radius 3 is 2.64 bits per heavy atom. The van der Waals surface area contributed by atoms with Gasteiger partial charge in [0, 0.05) is 12.0 Å². The van der Waals surface area contributed by atoms with Crippen LogP contribution in [-0.2, 0) is 5.67 Å². The molecular weight excluding hydrogens is 354 g/mol. The lowest BCUT2D eigenvalue weighted by molar-refractivity contribution is 0.249. The molecule has 3 rings (SSSR count). The molecule has 0 saturated heterocycles. The predicted molar refractivity (Wildman–Crippen MR) is 112 cm³/mol. The molecule has 3 heteroatoms. The average molecular weight is 382 g/mol. The molecule has 1 unspecified atom stereocenters. The Hall–Kier alpha value is -2.42. The summed E-state index contributed by atoms with van der Waals surface area (Å²) in [6, 6.07) is 13.4. The van der Waals surface area contributed by atoms with Crippen LogP contribution in [0.25, 0.3) is 5.57 Å². The van der Waals surface area contributed by atoms with E-state index in [1.807, 2.05) is 30.3 Å². The van der Waals surface area contributed by atoms with Crippen LogP contribution in [0.1, 0.15) is 56.6 Å². The van der Waals surface area contributed by atoms with E-state index >= 15 is 4.39 Å². The third kappa shape index (κ3) is 4.89. The lowest BCUT2D eigenvalue weighted by Gasteiger charge is -2.30. The molecule has 0 bridgehead atoms. The maximum Gasteiger partial charge on any atom is 0.165 e. The van der Waals surface area contributed by atoms with Gasteiger partial charge < -0.3 is 4.74 Å². The van der Waals surface area contributed by atoms with Gasteiger partial charge in [-0.3, -0.25) is 0 Å². The molecule has 0 radical (unpaired) electrons. The van der Waals surface area contributed by atoms with Crippen molar-refractivity contribution >= 4 is 5.57 Å². The van der Waals surface area contributed by atoms with Crippen LogP contribution in [-0.4, -0.2) is 6.61 Å². The van der Waals surface area contributed by atoms with Gasteiger partial charge >= 0.3 is 0 Å². The second-order valence-corrected chi connectivity index (χ2v) is 7.31. The van der Waals surface area contributed by atoms with E-state index in [9.17, 15) is 4.39 Å². The highest BCUT2D eigenvalue weighted by molar-refractivity contribution is 5.77. The summed E-state index contributed by atoms with van der Waals surface area (Å²) in [5, 5.41) is 0. The maximum absolute atomic E-state index is 16.1. The van der Waals surface area contributed by atoms with Crippen molar-refractivity contribution in [3.63, 3.8) is 0 Å². The zero-order valence-electron chi connectivity index (χ0n) is 16.5. The largest absolute Gasteiger partial charge is 0.494 e. The number of ether oxygens (including phenoxy) is 1. The third-order valence-corrected chi connectivity index (χ3v) is 5.17. The molecule has 2 aromatic rings. The van der Waals surface area contributed by atoms with E-state index in [4.69, 9.17) is 4.74 Å². The molecule has 0 spiro atoms. The van der Waals surface area contributed by atoms with Crippen LogP contribution in [0.4, 0.5) is 8.78 Å². The van der Waals surface area contributed by atoms with Crippen LogP contribution in [0.3, 0.4) is 0 Å². The van der Waals surface area contributed by atoms with Gasteiger partial charge in [-0.1, -0.05) is 75.1 Å². The fourth-order valence-electron chi connectivity index (χ4n) is 3.62. The standard InChI is InChI=1S/C25H28F2O/c1-2-3-4-5-8-17-28-23-14-9-11-20(18-23)24-15-6-7-16-25(24,27)21-12-10-13-22(26)19-21/h6-7,9-15,18-19H,2-5,8,16-17H2,1H3. The molecule has 0 N–H and O–H groups in total. The van der Waals surface area contributed by atoms with Gasteiger partial charge in [-0.2, -0.15) is 0 Å². The lowest BCUT2D eigenvalue weighted by atomic mass is 9.79. The van der Waals surface area contributed by atoms with Crippen molar-refractivity contribution in [1.82, 2.24) is 0 Å². The zero-order chi connectivity index (χ0) is 19.8. The average Bonchev–Trinajstić information content (AvgIpc) is 2.71. The summed E-state index contributed by atoms with van der Waals surface area (Å²) >= 11 is 0. The first-order valence-electron chi connectivity index (χ1n) is 10.2. The van der Waals surface area contributed by atoms with E-state index < -0.39 is 11.5 Å². The molecule has 1 aliphatic rings. The van der Waals surface area contributed by atoms with Crippen molar-refractivity contribution in [3.05, 3.63) is 83.7 Å². The minimum atomic E-state index is -1.75. The summed E-state index contributed by atoms with van der Waals surface area (Å²) in [5.74, 6) is 0.314. The first-order chi connectivity index (χ1) is 13.6. The molecule has 148 valence electrons. The highest BCUT2D eigenvalue weighted by atomic mass is 19.1. The van der Waals surface area contributed by atoms with E-state index in [2.05, 4.69) is 6.92 Å². The van der Waals surface area contributed by atoms with E-state index in [1.165, 1.54) is 31.4 Å². The van der Waals surface area contributed by atoms with Crippen LogP contribution in [0, 0.1) is 5.82 Å². The number of hydrogen-bond donors (Lipinski definition) is 0. The van der Waals surface area contributed by atoms with Crippen molar-refractivity contribution in [2.45, 2.75) is 51.1 Å². The Labute approximate surface area is 166 Å². The quantitative estimate of drug-likeness (QED) is 0.411. The third-order valence-electron chi connectivity index (χ3n) is 5.17. The molecule has 2 aromatic carbocycles. The molecule has 1 aliphatic carbocycles. The molecule has 0 aromatic heterocycles. The monoisotopic (exact) mass is 382 g/mol. The molecule has 0 fully saturated rings. The van der Waals surface area contributed by atoms with Crippen molar-refractivity contribution < 1.29 is 13.5 Å². The highest BCUT2D eigenvalue weighted by Gasteiger charge is 2.37. The zero-order valence-corrected chi connectivity index (χ0v) is 16.5. The Bertz CT molecular complexity index is 840. The normalized spacial score (nSPS) is 18.8. The summed E-state index contributed by atoms with van der Waals surface area (Å²) in [6.45, 7) is 2.86. The van der Waals surface area contributed by atoms with Crippen LogP contribution < -0.4 is 4.74 Å². The first kappa shape index (κ1) is 20.3. The van der Waals surface area contributed by atoms with Crippen molar-refractivity contribution in [1.29, 1.82) is 0 Å². The Kier molecular flexibility index (Phi) is 7.02. The predicted octanol–water partition coefficient (Wildman–Crippen LogP) is 7.38. The first-order valence-corrected chi connectivity index (χ1v) is 10.2. The van der Waals surface area contributed by atoms with Gasteiger partial charge in [0.25, 0.3) is 0 Å². The van der Waals surface area contributed by atoms with Gasteiger partial charge in [0.15, 0.2) is 5.67 Å². The summed E-state index contributed by atoms with van der Waals surface area (Å²) in [5.41, 5.74) is -0.116. The summed E-state index contributed by atoms with van der Waals surface area (Å²) < 4.78 is 35.7. The Morgan fingerprint density at radius 2 is 1.82 bits per heavy atom. The fourth-order valence-corrected chi connectivity index (χ4v) is 3.62. The minimum Gasteiger partial charge on any atom is -0.494 e. The van der Waals surface area contributed by atoms with Crippen molar-refractivity contribution in [2.24, 2.45) is 0 Å². The van der Waals surface area contributed by atoms with Gasteiger partial charge in [0.2, 0.25) is 0 Å². The number of allylic oxidation sites excluding steroid dienone is 4. The number of hydrogen-bond acceptors (Lipinski definition) is 1. The molecule has 0 heterocycles. The van der Waals surface area contributed by atoms with Gasteiger partial charge in [-0.25, -0.2) is 8.78 Å². The SMILES string of the molecule is CCCCCCCOc1cccc(C2=CC=CCC2(F)c2cccc(F)c2)c1. The summed E-state index contributed by atoms with van der Waals surface area (Å²) in [6.07, 6.45) is 11.5. The molecule has 0 amide bonds. The molecule has 1 atom stereocenters. The van der Waals surface area contributed by atoms with Crippen LogP contribution in [0.15, 0.2) is 66.8 Å². The van der Waals surface area contributed by atoms with Gasteiger partial charge in [0.1, 0.15) is 11.6 Å². The second-order valence-electron chi connectivity index (χ2n) is 7.31. The number of halogens is 2. The number of unbranched alkanes of at least 4 members (excludes halogenated alkanes) is 4. The molecule has 0 saturated carbocycles. The smallest absolute Gasteiger partial charge is 0.165 e. The topological polar surface area (TPSA) is 9.23 Å². The lowest BCUT2D eigenvalue weighted by Crippen LogP contribution is -2.23. The van der Waals surface area contributed by atoms with Crippen LogP contribution in [0.5, 0.6) is 5.75 Å². The fraction of sp³-hybridized carbons (Fsp3) is 0.360. The number of rotatable bonds is 9. The molecule has 0 aliphatic heterocycles. The summed E-state index contributed by atoms with van der Waals surface area (Å²) in [4.78, 5) is 0. The molecule has 28 heavy (non-hydrogen) atoms. The van der Waals surface area contributed by atoms with E-state index in [1.54, 1.807) is 24.3 Å². The van der Waals surface area contributed by atoms with Gasteiger partial charge in [-0.05, 0) is 41.8 Å². The summed E-state index contributed by atoms with van der Waals surface area (Å²) in [7, 11) is 0. The van der Waals surface area contributed by atoms with Crippen molar-refractivity contribution in [2.75, 3.05) is 6.61 Å². The van der Waals surface area contributed by atoms with E-state index in [0.29, 0.717) is 17.7 Å². The van der Waals surface area contributed by atoms with Crippen LogP contribution in [0.2, 0.25) is 0 Å². The maximum atomic E-state index is 16.1. The van der Waals surface area contributed by atoms with Gasteiger partial charge in [-0.15, -0.1) is 0 Å². The second kappa shape index (κ2) is 9.68. The molecular formula is C25H28F2O. The highest BCUT2D eigenvalue weighted by Crippen LogP contribution is 2.45. The Balaban J connectivity index is 1.76. The van der Waals surface area contributed by atoms with Crippen molar-refractivity contribution in [3.8, 4) is 5.75 Å². The van der Waals surface area contributed by atoms with E-state index in [0.717, 1.165) is 24.2 Å². The molecule has 1 nitrogen and oxygen atoms in total.